The van der Waals surface area contributed by atoms with E-state index in [9.17, 15) is 0 Å². The Morgan fingerprint density at radius 2 is 1.79 bits per heavy atom. The Kier molecular flexibility index (Phi) is 4.82. The smallest absolute Gasteiger partial charge is 0.197 e. The van der Waals surface area contributed by atoms with Gasteiger partial charge in [-0.25, -0.2) is 0 Å². The largest absolute Gasteiger partial charge is 0.497 e. The molecule has 0 bridgehead atoms. The van der Waals surface area contributed by atoms with Crippen LogP contribution in [0.4, 0.5) is 0 Å². The summed E-state index contributed by atoms with van der Waals surface area (Å²) in [6.07, 6.45) is 0. The molecule has 1 aromatic heterocycles. The Labute approximate surface area is 144 Å². The van der Waals surface area contributed by atoms with E-state index in [-0.39, 0.29) is 5.25 Å². The van der Waals surface area contributed by atoms with Gasteiger partial charge in [0, 0.05) is 11.3 Å². The highest BCUT2D eigenvalue weighted by Gasteiger charge is 2.18. The van der Waals surface area contributed by atoms with E-state index in [0.29, 0.717) is 5.16 Å². The Morgan fingerprint density at radius 3 is 2.42 bits per heavy atom. The van der Waals surface area contributed by atoms with Gasteiger partial charge < -0.3 is 4.74 Å². The molecule has 0 fully saturated rings. The first kappa shape index (κ1) is 16.1. The molecule has 120 valence electrons. The standard InChI is InChI=1S/C18H16N4OS/c1-13(12-19)24-18-21-20-17(14-6-4-3-5-7-14)22(18)15-8-10-16(23-2)11-9-15/h3-11,13H,1-2H3. The Balaban J connectivity index is 2.12. The number of hydrogen-bond acceptors (Lipinski definition) is 5. The predicted molar refractivity (Wildman–Crippen MR) is 94.3 cm³/mol. The molecule has 1 atom stereocenters. The van der Waals surface area contributed by atoms with Crippen LogP contribution in [-0.4, -0.2) is 27.1 Å². The van der Waals surface area contributed by atoms with E-state index in [1.165, 1.54) is 11.8 Å². The first-order valence-corrected chi connectivity index (χ1v) is 8.32. The molecule has 1 unspecified atom stereocenters. The van der Waals surface area contributed by atoms with Crippen molar-refractivity contribution in [1.29, 1.82) is 5.26 Å². The van der Waals surface area contributed by atoms with Crippen LogP contribution in [0.2, 0.25) is 0 Å². The predicted octanol–water partition coefficient (Wildman–Crippen LogP) is 3.95. The summed E-state index contributed by atoms with van der Waals surface area (Å²) in [7, 11) is 1.64. The monoisotopic (exact) mass is 336 g/mol. The zero-order chi connectivity index (χ0) is 16.9. The van der Waals surface area contributed by atoms with Gasteiger partial charge in [-0.05, 0) is 31.2 Å². The lowest BCUT2D eigenvalue weighted by Gasteiger charge is -2.11. The fourth-order valence-electron chi connectivity index (χ4n) is 2.27. The van der Waals surface area contributed by atoms with Gasteiger partial charge in [0.15, 0.2) is 11.0 Å². The highest BCUT2D eigenvalue weighted by atomic mass is 32.2. The van der Waals surface area contributed by atoms with Gasteiger partial charge in [0.25, 0.3) is 0 Å². The maximum Gasteiger partial charge on any atom is 0.197 e. The molecule has 0 saturated carbocycles. The third kappa shape index (κ3) is 3.26. The molecule has 0 aliphatic heterocycles. The van der Waals surface area contributed by atoms with E-state index in [0.717, 1.165) is 22.8 Å². The van der Waals surface area contributed by atoms with Crippen LogP contribution in [0.1, 0.15) is 6.92 Å². The van der Waals surface area contributed by atoms with Crippen LogP contribution in [-0.2, 0) is 0 Å². The van der Waals surface area contributed by atoms with Crippen LogP contribution in [0.25, 0.3) is 17.1 Å². The molecule has 0 saturated heterocycles. The normalized spacial score (nSPS) is 11.7. The van der Waals surface area contributed by atoms with Crippen LogP contribution < -0.4 is 4.74 Å². The maximum atomic E-state index is 9.10. The van der Waals surface area contributed by atoms with Gasteiger partial charge in [-0.15, -0.1) is 10.2 Å². The van der Waals surface area contributed by atoms with Gasteiger partial charge in [0.05, 0.1) is 18.4 Å². The van der Waals surface area contributed by atoms with Crippen molar-refractivity contribution in [3.8, 4) is 28.9 Å². The van der Waals surface area contributed by atoms with Crippen LogP contribution in [0.15, 0.2) is 59.8 Å². The molecule has 24 heavy (non-hydrogen) atoms. The molecule has 6 heteroatoms. The number of thioether (sulfide) groups is 1. The summed E-state index contributed by atoms with van der Waals surface area (Å²) in [6, 6.07) is 19.8. The average Bonchev–Trinajstić information content (AvgIpc) is 3.05. The van der Waals surface area contributed by atoms with Crippen LogP contribution >= 0.6 is 11.8 Å². The topological polar surface area (TPSA) is 63.7 Å². The van der Waals surface area contributed by atoms with Crippen molar-refractivity contribution in [2.24, 2.45) is 0 Å². The molecule has 3 rings (SSSR count). The second-order valence-electron chi connectivity index (χ2n) is 5.09. The highest BCUT2D eigenvalue weighted by Crippen LogP contribution is 2.30. The molecule has 0 aliphatic carbocycles. The van der Waals surface area contributed by atoms with E-state index in [1.807, 2.05) is 66.1 Å². The molecule has 2 aromatic carbocycles. The molecule has 0 amide bonds. The molecular formula is C18H16N4OS. The summed E-state index contributed by atoms with van der Waals surface area (Å²) < 4.78 is 7.19. The molecule has 0 N–H and O–H groups in total. The quantitative estimate of drug-likeness (QED) is 0.660. The minimum Gasteiger partial charge on any atom is -0.497 e. The van der Waals surface area contributed by atoms with Gasteiger partial charge in [0.1, 0.15) is 5.75 Å². The van der Waals surface area contributed by atoms with Crippen molar-refractivity contribution in [2.45, 2.75) is 17.3 Å². The van der Waals surface area contributed by atoms with Crippen molar-refractivity contribution in [3.63, 3.8) is 0 Å². The minimum absolute atomic E-state index is 0.213. The van der Waals surface area contributed by atoms with Gasteiger partial charge in [0.2, 0.25) is 0 Å². The second-order valence-corrected chi connectivity index (χ2v) is 6.40. The highest BCUT2D eigenvalue weighted by molar-refractivity contribution is 8.00. The van der Waals surface area contributed by atoms with Crippen LogP contribution in [0, 0.1) is 11.3 Å². The van der Waals surface area contributed by atoms with Crippen molar-refractivity contribution in [3.05, 3.63) is 54.6 Å². The number of nitriles is 1. The average molecular weight is 336 g/mol. The summed E-state index contributed by atoms with van der Waals surface area (Å²) >= 11 is 1.39. The fourth-order valence-corrected chi connectivity index (χ4v) is 3.02. The first-order chi connectivity index (χ1) is 11.7. The Morgan fingerprint density at radius 1 is 1.08 bits per heavy atom. The molecular weight excluding hydrogens is 320 g/mol. The molecule has 3 aromatic rings. The zero-order valence-electron chi connectivity index (χ0n) is 13.4. The van der Waals surface area contributed by atoms with Crippen molar-refractivity contribution < 1.29 is 4.74 Å². The number of methoxy groups -OCH3 is 1. The van der Waals surface area contributed by atoms with E-state index in [2.05, 4.69) is 16.3 Å². The van der Waals surface area contributed by atoms with Gasteiger partial charge in [-0.1, -0.05) is 42.1 Å². The number of rotatable bonds is 5. The van der Waals surface area contributed by atoms with Gasteiger partial charge >= 0.3 is 0 Å². The number of ether oxygens (including phenoxy) is 1. The van der Waals surface area contributed by atoms with Crippen molar-refractivity contribution in [2.75, 3.05) is 7.11 Å². The second kappa shape index (κ2) is 7.20. The van der Waals surface area contributed by atoms with E-state index in [4.69, 9.17) is 10.00 Å². The van der Waals surface area contributed by atoms with Crippen molar-refractivity contribution in [1.82, 2.24) is 14.8 Å². The van der Waals surface area contributed by atoms with E-state index >= 15 is 0 Å². The summed E-state index contributed by atoms with van der Waals surface area (Å²) in [5.41, 5.74) is 1.89. The lowest BCUT2D eigenvalue weighted by atomic mass is 10.2. The van der Waals surface area contributed by atoms with Gasteiger partial charge in [-0.2, -0.15) is 5.26 Å². The molecule has 5 nitrogen and oxygen atoms in total. The lowest BCUT2D eigenvalue weighted by Crippen LogP contribution is -2.02. The van der Waals surface area contributed by atoms with Gasteiger partial charge in [-0.3, -0.25) is 4.57 Å². The number of aromatic nitrogens is 3. The number of nitrogens with zero attached hydrogens (tertiary/aromatic N) is 4. The Bertz CT molecular complexity index is 853. The summed E-state index contributed by atoms with van der Waals surface area (Å²) in [5, 5.41) is 18.2. The summed E-state index contributed by atoms with van der Waals surface area (Å²) in [6.45, 7) is 1.85. The number of hydrogen-bond donors (Lipinski definition) is 0. The third-order valence-corrected chi connectivity index (χ3v) is 4.39. The van der Waals surface area contributed by atoms with E-state index in [1.54, 1.807) is 7.11 Å². The fraction of sp³-hybridized carbons (Fsp3) is 0.167. The third-order valence-electron chi connectivity index (χ3n) is 3.46. The number of benzene rings is 2. The minimum atomic E-state index is -0.213. The molecule has 0 radical (unpaired) electrons. The van der Waals surface area contributed by atoms with Crippen molar-refractivity contribution >= 4 is 11.8 Å². The van der Waals surface area contributed by atoms with Crippen LogP contribution in [0.5, 0.6) is 5.75 Å². The first-order valence-electron chi connectivity index (χ1n) is 7.44. The maximum absolute atomic E-state index is 9.10. The molecule has 0 aliphatic rings. The molecule has 1 heterocycles. The zero-order valence-corrected chi connectivity index (χ0v) is 14.2. The van der Waals surface area contributed by atoms with E-state index < -0.39 is 0 Å². The van der Waals surface area contributed by atoms with Crippen LogP contribution in [0.3, 0.4) is 0 Å². The Hall–Kier alpha value is -2.78. The molecule has 0 spiro atoms. The summed E-state index contributed by atoms with van der Waals surface area (Å²) in [5.74, 6) is 1.53. The lowest BCUT2D eigenvalue weighted by molar-refractivity contribution is 0.414. The summed E-state index contributed by atoms with van der Waals surface area (Å²) in [4.78, 5) is 0. The SMILES string of the molecule is COc1ccc(-n2c(SC(C)C#N)nnc2-c2ccccc2)cc1.